The Morgan fingerprint density at radius 2 is 2.43 bits per heavy atom. The summed E-state index contributed by atoms with van der Waals surface area (Å²) in [6.07, 6.45) is 0. The molecule has 0 aromatic heterocycles. The summed E-state index contributed by atoms with van der Waals surface area (Å²) >= 11 is 3.87. The second-order valence-corrected chi connectivity index (χ2v) is 1.61. The van der Waals surface area contributed by atoms with Crippen LogP contribution in [0.4, 0.5) is 0 Å². The number of hydrogen-bond donors (Lipinski definition) is 2. The molecule has 40 valence electrons. The van der Waals surface area contributed by atoms with Crippen LogP contribution in [0.3, 0.4) is 0 Å². The van der Waals surface area contributed by atoms with Gasteiger partial charge < -0.3 is 5.73 Å². The van der Waals surface area contributed by atoms with Crippen LogP contribution in [0.15, 0.2) is 0 Å². The van der Waals surface area contributed by atoms with E-state index in [1.807, 2.05) is 6.07 Å². The van der Waals surface area contributed by atoms with E-state index in [1.54, 1.807) is 0 Å². The van der Waals surface area contributed by atoms with Crippen molar-refractivity contribution in [3.05, 3.63) is 0 Å². The number of thiol groups is 1. The Hall–Kier alpha value is -0.200. The van der Waals surface area contributed by atoms with E-state index in [2.05, 4.69) is 12.6 Å². The van der Waals surface area contributed by atoms with Crippen LogP contribution >= 0.6 is 12.6 Å². The van der Waals surface area contributed by atoms with Gasteiger partial charge in [-0.05, 0) is 0 Å². The molecule has 0 heterocycles. The smallest absolute Gasteiger partial charge is 0.0677 e. The van der Waals surface area contributed by atoms with Gasteiger partial charge in [0.25, 0.3) is 0 Å². The van der Waals surface area contributed by atoms with Crippen molar-refractivity contribution in [1.29, 1.82) is 5.26 Å². The fourth-order valence-corrected chi connectivity index (χ4v) is 0.399. The lowest BCUT2D eigenvalue weighted by atomic mass is 10.2. The highest BCUT2D eigenvalue weighted by Crippen LogP contribution is 1.91. The molecule has 0 bridgehead atoms. The third kappa shape index (κ3) is 2.49. The minimum absolute atomic E-state index is 0.0664. The van der Waals surface area contributed by atoms with E-state index >= 15 is 0 Å². The topological polar surface area (TPSA) is 49.8 Å². The van der Waals surface area contributed by atoms with Crippen molar-refractivity contribution in [3.63, 3.8) is 0 Å². The molecule has 0 aromatic carbocycles. The van der Waals surface area contributed by atoms with Crippen molar-refractivity contribution in [2.75, 3.05) is 12.3 Å². The fraction of sp³-hybridized carbons (Fsp3) is 0.750. The number of nitrogens with zero attached hydrogens (tertiary/aromatic N) is 1. The van der Waals surface area contributed by atoms with Crippen molar-refractivity contribution in [1.82, 2.24) is 0 Å². The van der Waals surface area contributed by atoms with Crippen LogP contribution in [0.1, 0.15) is 0 Å². The van der Waals surface area contributed by atoms with Crippen LogP contribution < -0.4 is 5.73 Å². The first-order chi connectivity index (χ1) is 3.35. The zero-order chi connectivity index (χ0) is 5.70. The first-order valence-electron chi connectivity index (χ1n) is 2.05. The van der Waals surface area contributed by atoms with Gasteiger partial charge >= 0.3 is 0 Å². The summed E-state index contributed by atoms with van der Waals surface area (Å²) in [4.78, 5) is 0. The Balaban J connectivity index is 3.23. The Morgan fingerprint density at radius 3 is 2.43 bits per heavy atom. The standard InChI is InChI=1S/C4H8N2S/c5-1-4(2-6)3-7/h4,7H,1,3,5H2. The molecule has 0 saturated carbocycles. The highest BCUT2D eigenvalue weighted by Gasteiger charge is 1.97. The molecule has 0 aliphatic carbocycles. The van der Waals surface area contributed by atoms with Gasteiger partial charge in [-0.15, -0.1) is 0 Å². The third-order valence-corrected chi connectivity index (χ3v) is 1.13. The summed E-state index contributed by atoms with van der Waals surface area (Å²) < 4.78 is 0. The molecule has 0 aliphatic rings. The van der Waals surface area contributed by atoms with Crippen molar-refractivity contribution in [2.24, 2.45) is 11.7 Å². The number of rotatable bonds is 2. The van der Waals surface area contributed by atoms with Crippen LogP contribution in [0, 0.1) is 17.2 Å². The maximum absolute atomic E-state index is 8.15. The van der Waals surface area contributed by atoms with Crippen LogP contribution in [0.5, 0.6) is 0 Å². The molecule has 2 N–H and O–H groups in total. The summed E-state index contributed by atoms with van der Waals surface area (Å²) in [6, 6.07) is 2.00. The monoisotopic (exact) mass is 116 g/mol. The lowest BCUT2D eigenvalue weighted by Crippen LogP contribution is -2.13. The van der Waals surface area contributed by atoms with Crippen molar-refractivity contribution in [2.45, 2.75) is 0 Å². The van der Waals surface area contributed by atoms with E-state index in [1.165, 1.54) is 0 Å². The summed E-state index contributed by atoms with van der Waals surface area (Å²) in [6.45, 7) is 0.417. The van der Waals surface area contributed by atoms with Gasteiger partial charge in [0.1, 0.15) is 0 Å². The average molecular weight is 116 g/mol. The van der Waals surface area contributed by atoms with E-state index in [-0.39, 0.29) is 5.92 Å². The van der Waals surface area contributed by atoms with E-state index in [0.29, 0.717) is 12.3 Å². The van der Waals surface area contributed by atoms with Crippen LogP contribution in [0.25, 0.3) is 0 Å². The highest BCUT2D eigenvalue weighted by atomic mass is 32.1. The molecule has 0 saturated heterocycles. The molecule has 0 amide bonds. The van der Waals surface area contributed by atoms with Crippen LogP contribution in [-0.4, -0.2) is 12.3 Å². The highest BCUT2D eigenvalue weighted by molar-refractivity contribution is 7.80. The zero-order valence-electron chi connectivity index (χ0n) is 3.96. The molecule has 0 fully saturated rings. The lowest BCUT2D eigenvalue weighted by molar-refractivity contribution is 0.769. The van der Waals surface area contributed by atoms with E-state index in [4.69, 9.17) is 11.0 Å². The van der Waals surface area contributed by atoms with Gasteiger partial charge in [-0.3, -0.25) is 0 Å². The Bertz CT molecular complexity index is 72.2. The van der Waals surface area contributed by atoms with Crippen molar-refractivity contribution < 1.29 is 0 Å². The largest absolute Gasteiger partial charge is 0.329 e. The van der Waals surface area contributed by atoms with Gasteiger partial charge in [0, 0.05) is 12.3 Å². The van der Waals surface area contributed by atoms with Gasteiger partial charge in [-0.2, -0.15) is 17.9 Å². The summed E-state index contributed by atoms with van der Waals surface area (Å²) in [5.74, 6) is 0.496. The molecule has 0 radical (unpaired) electrons. The zero-order valence-corrected chi connectivity index (χ0v) is 4.86. The Kier molecular flexibility index (Phi) is 3.86. The van der Waals surface area contributed by atoms with Gasteiger partial charge in [-0.25, -0.2) is 0 Å². The summed E-state index contributed by atoms with van der Waals surface area (Å²) in [7, 11) is 0. The van der Waals surface area contributed by atoms with Crippen LogP contribution in [0.2, 0.25) is 0 Å². The number of nitriles is 1. The molecule has 7 heavy (non-hydrogen) atoms. The van der Waals surface area contributed by atoms with E-state index < -0.39 is 0 Å². The fourth-order valence-electron chi connectivity index (χ4n) is 0.168. The number of nitrogens with two attached hydrogens (primary N) is 1. The molecule has 0 rings (SSSR count). The molecule has 0 aromatic rings. The average Bonchev–Trinajstić information content (AvgIpc) is 1.72. The summed E-state index contributed by atoms with van der Waals surface area (Å²) in [5.41, 5.74) is 5.12. The second kappa shape index (κ2) is 3.97. The molecule has 3 heteroatoms. The summed E-state index contributed by atoms with van der Waals surface area (Å²) in [5, 5.41) is 8.15. The van der Waals surface area contributed by atoms with Crippen molar-refractivity contribution in [3.8, 4) is 6.07 Å². The molecule has 0 aliphatic heterocycles. The maximum Gasteiger partial charge on any atom is 0.0677 e. The second-order valence-electron chi connectivity index (χ2n) is 1.24. The van der Waals surface area contributed by atoms with E-state index in [0.717, 1.165) is 0 Å². The minimum Gasteiger partial charge on any atom is -0.329 e. The van der Waals surface area contributed by atoms with Gasteiger partial charge in [0.15, 0.2) is 0 Å². The first-order valence-corrected chi connectivity index (χ1v) is 2.69. The lowest BCUT2D eigenvalue weighted by Gasteiger charge is -1.95. The van der Waals surface area contributed by atoms with Gasteiger partial charge in [0.05, 0.1) is 12.0 Å². The molecule has 1 atom stereocenters. The SMILES string of the molecule is N#CC(CN)CS. The van der Waals surface area contributed by atoms with E-state index in [9.17, 15) is 0 Å². The Labute approximate surface area is 48.7 Å². The minimum atomic E-state index is -0.0664. The third-order valence-electron chi connectivity index (χ3n) is 0.687. The van der Waals surface area contributed by atoms with Crippen LogP contribution in [-0.2, 0) is 0 Å². The molecular weight excluding hydrogens is 108 g/mol. The van der Waals surface area contributed by atoms with Gasteiger partial charge in [-0.1, -0.05) is 0 Å². The molecule has 0 spiro atoms. The maximum atomic E-state index is 8.15. The predicted molar refractivity (Wildman–Crippen MR) is 32.0 cm³/mol. The van der Waals surface area contributed by atoms with Crippen molar-refractivity contribution >= 4 is 12.6 Å². The Morgan fingerprint density at radius 1 is 1.86 bits per heavy atom. The first kappa shape index (κ1) is 6.80. The predicted octanol–water partition coefficient (Wildman–Crippen LogP) is 0.0147. The quantitative estimate of drug-likeness (QED) is 0.499. The molecule has 1 unspecified atom stereocenters. The van der Waals surface area contributed by atoms with Gasteiger partial charge in [0.2, 0.25) is 0 Å². The normalized spacial score (nSPS) is 12.7. The molecular formula is C4H8N2S. The number of hydrogen-bond acceptors (Lipinski definition) is 3. The molecule has 2 nitrogen and oxygen atoms in total.